The zero-order valence-corrected chi connectivity index (χ0v) is 16.4. The highest BCUT2D eigenvalue weighted by Crippen LogP contribution is 2.54. The van der Waals surface area contributed by atoms with E-state index in [1.165, 1.54) is 0 Å². The van der Waals surface area contributed by atoms with E-state index < -0.39 is 20.9 Å². The number of amides is 1. The fourth-order valence-electron chi connectivity index (χ4n) is 2.43. The van der Waals surface area contributed by atoms with Gasteiger partial charge in [0.25, 0.3) is 0 Å². The molecular weight excluding hydrogens is 352 g/mol. The molecule has 0 spiro atoms. The Morgan fingerprint density at radius 3 is 1.75 bits per heavy atom. The Bertz CT molecular complexity index is 438. The van der Waals surface area contributed by atoms with Crippen molar-refractivity contribution < 1.29 is 28.6 Å². The van der Waals surface area contributed by atoms with E-state index in [-0.39, 0.29) is 12.1 Å². The second kappa shape index (κ2) is 13.1. The lowest BCUT2D eigenvalue weighted by atomic mass is 10.1. The van der Waals surface area contributed by atoms with Gasteiger partial charge in [0, 0.05) is 19.1 Å². The minimum Gasteiger partial charge on any atom is -0.356 e. The monoisotopic (exact) mass is 385 g/mol. The minimum atomic E-state index is -4.41. The molecule has 0 rings (SSSR count). The molecule has 0 aromatic carbocycles. The first-order valence-electron chi connectivity index (χ1n) is 8.78. The van der Waals surface area contributed by atoms with Gasteiger partial charge >= 0.3 is 7.60 Å². The van der Waals surface area contributed by atoms with Gasteiger partial charge in [-0.3, -0.25) is 13.9 Å². The van der Waals surface area contributed by atoms with Crippen molar-refractivity contribution in [3.63, 3.8) is 0 Å². The van der Waals surface area contributed by atoms with Crippen molar-refractivity contribution >= 4 is 20.9 Å². The molecule has 1 unspecified atom stereocenters. The first kappa shape index (κ1) is 23.8. The first-order valence-corrected chi connectivity index (χ1v) is 12.6. The van der Waals surface area contributed by atoms with Crippen LogP contribution in [0.4, 0.5) is 0 Å². The third kappa shape index (κ3) is 16.7. The zero-order valence-electron chi connectivity index (χ0n) is 14.7. The number of nitrogens with one attached hydrogen (secondary N) is 1. The molecule has 0 bridgehead atoms. The topological polar surface area (TPSA) is 124 Å². The predicted octanol–water partition coefficient (Wildman–Crippen LogP) is 3.43. The van der Waals surface area contributed by atoms with Crippen LogP contribution in [0.2, 0.25) is 0 Å². The van der Waals surface area contributed by atoms with Gasteiger partial charge in [-0.1, -0.05) is 51.9 Å². The van der Waals surface area contributed by atoms with Crippen LogP contribution in [-0.2, 0) is 13.9 Å². The standard InChI is InChI=1S/C15H33NO6P2/c1-2-15(17)16-12-10-8-6-4-3-5-7-9-11-13-23(18,19)14-24(20,21)22/h2-14H2,1H3,(H,16,17)(H,18,19)(H2,20,21,22). The summed E-state index contributed by atoms with van der Waals surface area (Å²) in [5.41, 5.74) is 0. The van der Waals surface area contributed by atoms with Crippen LogP contribution in [0.15, 0.2) is 0 Å². The van der Waals surface area contributed by atoms with Crippen LogP contribution in [0.1, 0.15) is 71.1 Å². The Labute approximate surface area is 145 Å². The summed E-state index contributed by atoms with van der Waals surface area (Å²) in [6.07, 6.45) is 9.46. The third-order valence-corrected chi connectivity index (χ3v) is 7.99. The number of rotatable bonds is 15. The molecule has 0 aromatic heterocycles. The van der Waals surface area contributed by atoms with Crippen LogP contribution in [0.3, 0.4) is 0 Å². The molecular formula is C15H33NO6P2. The van der Waals surface area contributed by atoms with E-state index in [9.17, 15) is 18.8 Å². The highest BCUT2D eigenvalue weighted by atomic mass is 31.2. The third-order valence-electron chi connectivity index (χ3n) is 3.73. The summed E-state index contributed by atoms with van der Waals surface area (Å²) in [5.74, 6) is -0.804. The van der Waals surface area contributed by atoms with E-state index in [2.05, 4.69) is 5.32 Å². The zero-order chi connectivity index (χ0) is 18.5. The number of carbonyl (C=O) groups excluding carboxylic acids is 1. The summed E-state index contributed by atoms with van der Waals surface area (Å²) < 4.78 is 22.3. The fourth-order valence-corrected chi connectivity index (χ4v) is 6.02. The van der Waals surface area contributed by atoms with Crippen LogP contribution in [0.5, 0.6) is 0 Å². The van der Waals surface area contributed by atoms with Crippen LogP contribution < -0.4 is 5.32 Å². The van der Waals surface area contributed by atoms with E-state index in [1.54, 1.807) is 0 Å². The number of unbranched alkanes of at least 4 members (excludes halogenated alkanes) is 8. The molecule has 4 N–H and O–H groups in total. The van der Waals surface area contributed by atoms with Crippen molar-refractivity contribution in [3.8, 4) is 0 Å². The summed E-state index contributed by atoms with van der Waals surface area (Å²) in [6.45, 7) is 2.59. The molecule has 0 aliphatic rings. The molecule has 144 valence electrons. The van der Waals surface area contributed by atoms with Gasteiger partial charge in [-0.2, -0.15) is 0 Å². The first-order chi connectivity index (χ1) is 11.2. The molecule has 0 heterocycles. The number of carbonyl (C=O) groups is 1. The van der Waals surface area contributed by atoms with Crippen molar-refractivity contribution in [2.75, 3.05) is 18.6 Å². The SMILES string of the molecule is CCC(=O)NCCCCCCCCCCCP(=O)(O)CP(=O)(O)O. The molecule has 1 amide bonds. The average Bonchev–Trinajstić information content (AvgIpc) is 2.45. The summed E-state index contributed by atoms with van der Waals surface area (Å²) in [5, 5.41) is 2.85. The van der Waals surface area contributed by atoms with E-state index in [4.69, 9.17) is 9.79 Å². The van der Waals surface area contributed by atoms with Gasteiger partial charge in [0.15, 0.2) is 0 Å². The van der Waals surface area contributed by atoms with Crippen LogP contribution in [0.25, 0.3) is 0 Å². The van der Waals surface area contributed by atoms with Crippen molar-refractivity contribution in [2.45, 2.75) is 71.1 Å². The van der Waals surface area contributed by atoms with Gasteiger partial charge < -0.3 is 20.0 Å². The average molecular weight is 385 g/mol. The molecule has 24 heavy (non-hydrogen) atoms. The Morgan fingerprint density at radius 1 is 0.833 bits per heavy atom. The molecule has 0 aliphatic heterocycles. The Balaban J connectivity index is 3.38. The highest BCUT2D eigenvalue weighted by Gasteiger charge is 2.28. The molecule has 0 fully saturated rings. The lowest BCUT2D eigenvalue weighted by Gasteiger charge is -2.12. The maximum absolute atomic E-state index is 11.6. The van der Waals surface area contributed by atoms with Crippen LogP contribution >= 0.6 is 15.0 Å². The van der Waals surface area contributed by atoms with E-state index in [1.807, 2.05) is 6.92 Å². The van der Waals surface area contributed by atoms with E-state index in [0.717, 1.165) is 57.9 Å². The second-order valence-corrected chi connectivity index (χ2v) is 10.9. The fraction of sp³-hybridized carbons (Fsp3) is 0.933. The van der Waals surface area contributed by atoms with Gasteiger partial charge in [0.2, 0.25) is 13.3 Å². The van der Waals surface area contributed by atoms with Crippen LogP contribution in [0, 0.1) is 0 Å². The smallest absolute Gasteiger partial charge is 0.335 e. The Kier molecular flexibility index (Phi) is 13.0. The van der Waals surface area contributed by atoms with Crippen LogP contribution in [-0.4, -0.2) is 39.2 Å². The molecule has 0 saturated heterocycles. The van der Waals surface area contributed by atoms with Crippen molar-refractivity contribution in [2.24, 2.45) is 0 Å². The molecule has 0 saturated carbocycles. The summed E-state index contributed by atoms with van der Waals surface area (Å²) in [4.78, 5) is 38.0. The highest BCUT2D eigenvalue weighted by molar-refractivity contribution is 7.72. The Hall–Kier alpha value is -0.190. The van der Waals surface area contributed by atoms with Gasteiger partial charge in [0.05, 0.1) is 0 Å². The number of hydrogen-bond donors (Lipinski definition) is 4. The molecule has 0 radical (unpaired) electrons. The summed E-state index contributed by atoms with van der Waals surface area (Å²) in [6, 6.07) is 0. The largest absolute Gasteiger partial charge is 0.356 e. The molecule has 0 aliphatic carbocycles. The van der Waals surface area contributed by atoms with Crippen molar-refractivity contribution in [1.29, 1.82) is 0 Å². The normalized spacial score (nSPS) is 14.3. The maximum atomic E-state index is 11.6. The summed E-state index contributed by atoms with van der Waals surface area (Å²) in [7, 11) is -8.11. The maximum Gasteiger partial charge on any atom is 0.335 e. The molecule has 1 atom stereocenters. The van der Waals surface area contributed by atoms with E-state index >= 15 is 0 Å². The molecule has 9 heteroatoms. The van der Waals surface area contributed by atoms with Gasteiger partial charge in [-0.25, -0.2) is 0 Å². The van der Waals surface area contributed by atoms with E-state index in [0.29, 0.717) is 12.8 Å². The number of hydrogen-bond acceptors (Lipinski definition) is 3. The van der Waals surface area contributed by atoms with Gasteiger partial charge in [-0.05, 0) is 12.8 Å². The second-order valence-electron chi connectivity index (χ2n) is 6.26. The molecule has 0 aromatic rings. The van der Waals surface area contributed by atoms with Gasteiger partial charge in [-0.15, -0.1) is 0 Å². The van der Waals surface area contributed by atoms with Crippen molar-refractivity contribution in [1.82, 2.24) is 5.32 Å². The van der Waals surface area contributed by atoms with Crippen molar-refractivity contribution in [3.05, 3.63) is 0 Å². The molecule has 7 nitrogen and oxygen atoms in total. The minimum absolute atomic E-state index is 0.0123. The quantitative estimate of drug-likeness (QED) is 0.253. The lowest BCUT2D eigenvalue weighted by Crippen LogP contribution is -2.23. The lowest BCUT2D eigenvalue weighted by molar-refractivity contribution is -0.120. The van der Waals surface area contributed by atoms with Gasteiger partial charge in [0.1, 0.15) is 5.90 Å². The predicted molar refractivity (Wildman–Crippen MR) is 96.5 cm³/mol. The Morgan fingerprint density at radius 2 is 1.29 bits per heavy atom. The summed E-state index contributed by atoms with van der Waals surface area (Å²) >= 11 is 0.